The third-order valence-corrected chi connectivity index (χ3v) is 5.23. The fraction of sp³-hybridized carbons (Fsp3) is 0.333. The molecule has 134 valence electrons. The molecule has 8 heteroatoms. The van der Waals surface area contributed by atoms with Crippen LogP contribution in [-0.4, -0.2) is 40.6 Å². The largest absolute Gasteiger partial charge is 0.269 e. The minimum atomic E-state index is 0.377. The normalized spacial score (nSPS) is 13.2. The first-order valence-electron chi connectivity index (χ1n) is 8.81. The Bertz CT molecular complexity index is 1030. The zero-order chi connectivity index (χ0) is 18.1. The summed E-state index contributed by atoms with van der Waals surface area (Å²) in [7, 11) is 0.595. The van der Waals surface area contributed by atoms with Crippen LogP contribution >= 0.6 is 8.73 Å². The van der Waals surface area contributed by atoms with Gasteiger partial charge >= 0.3 is 0 Å². The van der Waals surface area contributed by atoms with Crippen LogP contribution in [0.1, 0.15) is 32.7 Å². The summed E-state index contributed by atoms with van der Waals surface area (Å²) in [6.07, 6.45) is 13.8. The van der Waals surface area contributed by atoms with Gasteiger partial charge in [0.15, 0.2) is 0 Å². The highest BCUT2D eigenvalue weighted by Crippen LogP contribution is 2.28. The molecule has 0 fully saturated rings. The molecule has 4 heterocycles. The topological polar surface area (TPSA) is 65.8 Å². The average molecular weight is 367 g/mol. The maximum absolute atomic E-state index is 4.92. The third-order valence-electron chi connectivity index (χ3n) is 4.53. The summed E-state index contributed by atoms with van der Waals surface area (Å²) < 4.78 is 5.82. The monoisotopic (exact) mass is 367 g/mol. The van der Waals surface area contributed by atoms with Crippen molar-refractivity contribution in [3.8, 4) is 22.5 Å². The smallest absolute Gasteiger partial charge is 0.0999 e. The van der Waals surface area contributed by atoms with Crippen LogP contribution in [0.3, 0.4) is 0 Å². The minimum absolute atomic E-state index is 0.377. The van der Waals surface area contributed by atoms with E-state index >= 15 is 0 Å². The number of hydrogen-bond donors (Lipinski definition) is 0. The summed E-state index contributed by atoms with van der Waals surface area (Å²) in [5, 5.41) is 13.3. The summed E-state index contributed by atoms with van der Waals surface area (Å²) in [5.74, 6) is 0. The molecule has 4 rings (SSSR count). The predicted molar refractivity (Wildman–Crippen MR) is 105 cm³/mol. The molecule has 0 aliphatic rings. The van der Waals surface area contributed by atoms with E-state index in [4.69, 9.17) is 4.98 Å². The molecule has 0 aliphatic heterocycles. The average Bonchev–Trinajstić information content (AvgIpc) is 3.40. The van der Waals surface area contributed by atoms with Crippen LogP contribution in [0.5, 0.6) is 0 Å². The van der Waals surface area contributed by atoms with E-state index in [9.17, 15) is 0 Å². The molecular weight excluding hydrogens is 345 g/mol. The van der Waals surface area contributed by atoms with Crippen molar-refractivity contribution in [1.82, 2.24) is 33.9 Å². The van der Waals surface area contributed by atoms with Crippen molar-refractivity contribution in [3.05, 3.63) is 43.2 Å². The van der Waals surface area contributed by atoms with Gasteiger partial charge in [-0.3, -0.25) is 9.13 Å². The summed E-state index contributed by atoms with van der Waals surface area (Å²) in [6, 6.07) is 2.36. The highest BCUT2D eigenvalue weighted by atomic mass is 31.1. The lowest BCUT2D eigenvalue weighted by Gasteiger charge is -2.10. The molecule has 0 saturated carbocycles. The summed E-state index contributed by atoms with van der Waals surface area (Å²) >= 11 is 0. The zero-order valence-corrected chi connectivity index (χ0v) is 16.2. The molecule has 0 aliphatic carbocycles. The molecular formula is C18H22N7P. The van der Waals surface area contributed by atoms with Gasteiger partial charge in [0.05, 0.1) is 41.7 Å². The van der Waals surface area contributed by atoms with Crippen LogP contribution in [0.2, 0.25) is 0 Å². The van der Waals surface area contributed by atoms with E-state index in [1.54, 1.807) is 6.20 Å². The van der Waals surface area contributed by atoms with E-state index in [-0.39, 0.29) is 0 Å². The number of hydrogen-bond acceptors (Lipinski definition) is 4. The second kappa shape index (κ2) is 7.00. The number of rotatable bonds is 6. The molecule has 0 spiro atoms. The van der Waals surface area contributed by atoms with Crippen LogP contribution in [0.4, 0.5) is 0 Å². The van der Waals surface area contributed by atoms with E-state index in [2.05, 4.69) is 42.0 Å². The van der Waals surface area contributed by atoms with E-state index < -0.39 is 0 Å². The Hall–Kier alpha value is -2.53. The van der Waals surface area contributed by atoms with Crippen molar-refractivity contribution >= 4 is 14.2 Å². The van der Waals surface area contributed by atoms with Crippen LogP contribution < -0.4 is 0 Å². The van der Waals surface area contributed by atoms with Gasteiger partial charge in [0, 0.05) is 29.6 Å². The third kappa shape index (κ3) is 3.03. The lowest BCUT2D eigenvalue weighted by atomic mass is 10.2. The van der Waals surface area contributed by atoms with Crippen molar-refractivity contribution in [1.29, 1.82) is 0 Å². The molecule has 0 amide bonds. The van der Waals surface area contributed by atoms with E-state index in [1.165, 1.54) is 0 Å². The maximum Gasteiger partial charge on any atom is 0.0999 e. The van der Waals surface area contributed by atoms with E-state index in [0.717, 1.165) is 40.9 Å². The molecule has 2 atom stereocenters. The second-order valence-corrected chi connectivity index (χ2v) is 7.29. The quantitative estimate of drug-likeness (QED) is 0.485. The highest BCUT2D eigenvalue weighted by molar-refractivity contribution is 7.35. The number of nitrogens with zero attached hydrogens (tertiary/aromatic N) is 7. The van der Waals surface area contributed by atoms with Crippen LogP contribution in [0.15, 0.2) is 43.2 Å². The van der Waals surface area contributed by atoms with Gasteiger partial charge in [-0.15, -0.1) is 0 Å². The Morgan fingerprint density at radius 1 is 1.08 bits per heavy atom. The van der Waals surface area contributed by atoms with Crippen molar-refractivity contribution in [3.63, 3.8) is 0 Å². The number of aromatic nitrogens is 7. The SMILES string of the molecule is CCC[C@H](C)n1cc(-c2nc(-c3cnn(PC)c3)cn3nccc23)cn1. The first kappa shape index (κ1) is 16.9. The predicted octanol–water partition coefficient (Wildman–Crippen LogP) is 3.89. The van der Waals surface area contributed by atoms with Gasteiger partial charge in [-0.1, -0.05) is 13.3 Å². The standard InChI is InChI=1S/C18H22N7P/c1-4-5-13(2)23-10-15(9-20-23)18-17-6-7-19-24(17)12-16(22-18)14-8-21-25(11-14)26-3/h6-13,26H,4-5H2,1-3H3/t13-/m0/s1. The Kier molecular flexibility index (Phi) is 4.55. The van der Waals surface area contributed by atoms with Gasteiger partial charge in [-0.25, -0.2) is 9.50 Å². The first-order valence-corrected chi connectivity index (χ1v) is 10.3. The fourth-order valence-electron chi connectivity index (χ4n) is 3.11. The van der Waals surface area contributed by atoms with Crippen LogP contribution in [-0.2, 0) is 0 Å². The van der Waals surface area contributed by atoms with Crippen LogP contribution in [0.25, 0.3) is 28.0 Å². The lowest BCUT2D eigenvalue weighted by molar-refractivity contribution is 0.455. The Morgan fingerprint density at radius 2 is 1.92 bits per heavy atom. The van der Waals surface area contributed by atoms with Gasteiger partial charge in [0.1, 0.15) is 0 Å². The molecule has 4 aromatic rings. The van der Waals surface area contributed by atoms with Crippen molar-refractivity contribution in [2.45, 2.75) is 32.7 Å². The highest BCUT2D eigenvalue weighted by Gasteiger charge is 2.14. The molecule has 0 bridgehead atoms. The number of fused-ring (bicyclic) bond motifs is 1. The van der Waals surface area contributed by atoms with Crippen molar-refractivity contribution in [2.24, 2.45) is 0 Å². The summed E-state index contributed by atoms with van der Waals surface area (Å²) in [4.78, 5) is 4.92. The minimum Gasteiger partial charge on any atom is -0.269 e. The molecule has 0 N–H and O–H groups in total. The van der Waals surface area contributed by atoms with Crippen molar-refractivity contribution in [2.75, 3.05) is 6.66 Å². The lowest BCUT2D eigenvalue weighted by Crippen LogP contribution is -2.04. The molecule has 7 nitrogen and oxygen atoms in total. The zero-order valence-electron chi connectivity index (χ0n) is 15.2. The fourth-order valence-corrected chi connectivity index (χ4v) is 3.55. The van der Waals surface area contributed by atoms with Gasteiger partial charge in [0.2, 0.25) is 0 Å². The van der Waals surface area contributed by atoms with Gasteiger partial charge in [-0.05, 0) is 34.8 Å². The first-order chi connectivity index (χ1) is 12.7. The second-order valence-electron chi connectivity index (χ2n) is 6.38. The van der Waals surface area contributed by atoms with Gasteiger partial charge < -0.3 is 0 Å². The Labute approximate surface area is 153 Å². The maximum atomic E-state index is 4.92. The molecule has 4 aromatic heterocycles. The summed E-state index contributed by atoms with van der Waals surface area (Å²) in [6.45, 7) is 6.48. The Morgan fingerprint density at radius 3 is 2.69 bits per heavy atom. The summed E-state index contributed by atoms with van der Waals surface area (Å²) in [5.41, 5.74) is 4.72. The molecule has 1 unspecified atom stereocenters. The van der Waals surface area contributed by atoms with Gasteiger partial charge in [-0.2, -0.15) is 15.3 Å². The van der Waals surface area contributed by atoms with Gasteiger partial charge in [0.25, 0.3) is 0 Å². The molecule has 0 aromatic carbocycles. The van der Waals surface area contributed by atoms with E-state index in [0.29, 0.717) is 14.8 Å². The Balaban J connectivity index is 1.80. The van der Waals surface area contributed by atoms with E-state index in [1.807, 2.05) is 44.5 Å². The molecule has 0 saturated heterocycles. The van der Waals surface area contributed by atoms with Crippen LogP contribution in [0, 0.1) is 0 Å². The molecule has 0 radical (unpaired) electrons. The van der Waals surface area contributed by atoms with Crippen molar-refractivity contribution < 1.29 is 0 Å². The molecule has 26 heavy (non-hydrogen) atoms.